The second-order valence-corrected chi connectivity index (χ2v) is 8.55. The first-order valence-corrected chi connectivity index (χ1v) is 10.1. The van der Waals surface area contributed by atoms with Gasteiger partial charge < -0.3 is 9.72 Å². The highest BCUT2D eigenvalue weighted by molar-refractivity contribution is 6.31. The summed E-state index contributed by atoms with van der Waals surface area (Å²) in [7, 11) is 1.82. The number of H-pyrrole nitrogens is 1. The van der Waals surface area contributed by atoms with Gasteiger partial charge in [-0.05, 0) is 63.6 Å². The van der Waals surface area contributed by atoms with E-state index in [1.165, 1.54) is 12.8 Å². The number of methoxy groups -OCH3 is 1. The Morgan fingerprint density at radius 1 is 1.19 bits per heavy atom. The van der Waals surface area contributed by atoms with E-state index in [9.17, 15) is 4.79 Å². The maximum absolute atomic E-state index is 12.5. The average Bonchev–Trinajstić information content (AvgIpc) is 2.97. The predicted octanol–water partition coefficient (Wildman–Crippen LogP) is 4.39. The number of nitrogens with zero attached hydrogens (tertiary/aromatic N) is 2. The molecule has 1 aromatic carbocycles. The van der Waals surface area contributed by atoms with Crippen molar-refractivity contribution in [1.29, 1.82) is 0 Å². The van der Waals surface area contributed by atoms with Crippen LogP contribution in [-0.2, 0) is 4.74 Å². The van der Waals surface area contributed by atoms with E-state index in [2.05, 4.69) is 16.8 Å². The van der Waals surface area contributed by atoms with Gasteiger partial charge in [-0.1, -0.05) is 11.6 Å². The second kappa shape index (κ2) is 8.16. The molecule has 1 aliphatic heterocycles. The molecule has 2 aliphatic rings. The van der Waals surface area contributed by atoms with Gasteiger partial charge in [-0.25, -0.2) is 4.79 Å². The van der Waals surface area contributed by atoms with Gasteiger partial charge >= 0.3 is 5.69 Å². The van der Waals surface area contributed by atoms with Crippen LogP contribution in [0.2, 0.25) is 5.02 Å². The lowest BCUT2D eigenvalue weighted by atomic mass is 9.79. The molecular weight excluding hydrogens is 385 g/mol. The molecule has 2 aromatic rings. The van der Waals surface area contributed by atoms with E-state index in [1.54, 1.807) is 0 Å². The Kier molecular flexibility index (Phi) is 6.26. The smallest absolute Gasteiger partial charge is 0.326 e. The Morgan fingerprint density at radius 2 is 1.85 bits per heavy atom. The zero-order valence-electron chi connectivity index (χ0n) is 16.0. The Hall–Kier alpha value is -1.01. The molecule has 1 aliphatic carbocycles. The maximum Gasteiger partial charge on any atom is 0.326 e. The topological polar surface area (TPSA) is 50.3 Å². The molecule has 1 saturated heterocycles. The molecule has 0 radical (unpaired) electrons. The summed E-state index contributed by atoms with van der Waals surface area (Å²) in [6, 6.07) is 5.85. The number of rotatable bonds is 3. The third kappa shape index (κ3) is 3.93. The van der Waals surface area contributed by atoms with E-state index in [-0.39, 0.29) is 29.7 Å². The first-order valence-electron chi connectivity index (χ1n) is 9.68. The van der Waals surface area contributed by atoms with Crippen LogP contribution in [0, 0.1) is 0 Å². The van der Waals surface area contributed by atoms with Gasteiger partial charge in [0.1, 0.15) is 0 Å². The van der Waals surface area contributed by atoms with Crippen LogP contribution in [0.5, 0.6) is 0 Å². The zero-order chi connectivity index (χ0) is 18.3. The molecule has 1 N–H and O–H groups in total. The number of likely N-dealkylation sites (tertiary alicyclic amines) is 1. The molecule has 0 unspecified atom stereocenters. The SMILES string of the molecule is COC1CCC(C)(N2CCC(n3c(=O)[nH]c4ccc(Cl)cc43)CC2)CC1.Cl. The molecule has 150 valence electrons. The zero-order valence-corrected chi connectivity index (χ0v) is 17.6. The minimum Gasteiger partial charge on any atom is -0.381 e. The molecule has 0 amide bonds. The average molecular weight is 414 g/mol. The fourth-order valence-electron chi connectivity index (χ4n) is 4.89. The van der Waals surface area contributed by atoms with E-state index in [1.807, 2.05) is 29.9 Å². The number of ether oxygens (including phenoxy) is 1. The minimum absolute atomic E-state index is 0. The molecule has 1 saturated carbocycles. The number of nitrogens with one attached hydrogen (secondary N) is 1. The highest BCUT2D eigenvalue weighted by atomic mass is 35.5. The van der Waals surface area contributed by atoms with Crippen molar-refractivity contribution in [3.05, 3.63) is 33.7 Å². The highest BCUT2D eigenvalue weighted by Gasteiger charge is 2.38. The summed E-state index contributed by atoms with van der Waals surface area (Å²) in [6.45, 7) is 4.48. The first-order chi connectivity index (χ1) is 12.5. The van der Waals surface area contributed by atoms with Gasteiger partial charge in [0.25, 0.3) is 0 Å². The molecule has 4 rings (SSSR count). The Bertz CT molecular complexity index is 831. The van der Waals surface area contributed by atoms with Gasteiger partial charge in [-0.3, -0.25) is 9.47 Å². The minimum atomic E-state index is -0.0208. The summed E-state index contributed by atoms with van der Waals surface area (Å²) < 4.78 is 7.45. The van der Waals surface area contributed by atoms with Crippen molar-refractivity contribution in [1.82, 2.24) is 14.5 Å². The molecule has 7 heteroatoms. The maximum atomic E-state index is 12.5. The van der Waals surface area contributed by atoms with Crippen LogP contribution >= 0.6 is 24.0 Å². The Balaban J connectivity index is 0.00000210. The van der Waals surface area contributed by atoms with E-state index in [4.69, 9.17) is 16.3 Å². The lowest BCUT2D eigenvalue weighted by Crippen LogP contribution is -2.52. The number of hydrogen-bond acceptors (Lipinski definition) is 3. The molecule has 1 aromatic heterocycles. The molecule has 0 spiro atoms. The van der Waals surface area contributed by atoms with Gasteiger partial charge in [-0.2, -0.15) is 0 Å². The highest BCUT2D eigenvalue weighted by Crippen LogP contribution is 2.37. The predicted molar refractivity (Wildman–Crippen MR) is 112 cm³/mol. The third-order valence-electron chi connectivity index (χ3n) is 6.62. The molecule has 0 atom stereocenters. The van der Waals surface area contributed by atoms with Crippen molar-refractivity contribution >= 4 is 35.0 Å². The molecule has 2 heterocycles. The quantitative estimate of drug-likeness (QED) is 0.811. The van der Waals surface area contributed by atoms with Gasteiger partial charge in [0, 0.05) is 36.8 Å². The number of piperidine rings is 1. The monoisotopic (exact) mass is 413 g/mol. The number of aromatic amines is 1. The normalized spacial score (nSPS) is 27.6. The molecule has 5 nitrogen and oxygen atoms in total. The number of benzene rings is 1. The molecule has 27 heavy (non-hydrogen) atoms. The van der Waals surface area contributed by atoms with Crippen molar-refractivity contribution in [2.75, 3.05) is 20.2 Å². The van der Waals surface area contributed by atoms with Crippen molar-refractivity contribution in [2.45, 2.75) is 63.1 Å². The number of imidazole rings is 1. The summed E-state index contributed by atoms with van der Waals surface area (Å²) in [5, 5.41) is 0.671. The summed E-state index contributed by atoms with van der Waals surface area (Å²) >= 11 is 6.16. The van der Waals surface area contributed by atoms with Crippen LogP contribution in [-0.4, -0.2) is 46.3 Å². The number of hydrogen-bond donors (Lipinski definition) is 1. The lowest BCUT2D eigenvalue weighted by molar-refractivity contribution is -0.0146. The van der Waals surface area contributed by atoms with Crippen LogP contribution in [0.4, 0.5) is 0 Å². The molecule has 2 fully saturated rings. The van der Waals surface area contributed by atoms with Crippen LogP contribution in [0.15, 0.2) is 23.0 Å². The van der Waals surface area contributed by atoms with Crippen LogP contribution in [0.25, 0.3) is 11.0 Å². The fourth-order valence-corrected chi connectivity index (χ4v) is 5.05. The first kappa shape index (κ1) is 20.7. The number of fused-ring (bicyclic) bond motifs is 1. The van der Waals surface area contributed by atoms with Gasteiger partial charge in [-0.15, -0.1) is 12.4 Å². The lowest BCUT2D eigenvalue weighted by Gasteiger charge is -2.48. The van der Waals surface area contributed by atoms with E-state index < -0.39 is 0 Å². The largest absolute Gasteiger partial charge is 0.381 e. The third-order valence-corrected chi connectivity index (χ3v) is 6.85. The van der Waals surface area contributed by atoms with Crippen LogP contribution < -0.4 is 5.69 Å². The van der Waals surface area contributed by atoms with Crippen LogP contribution in [0.3, 0.4) is 0 Å². The van der Waals surface area contributed by atoms with E-state index in [0.717, 1.165) is 49.8 Å². The van der Waals surface area contributed by atoms with Gasteiger partial charge in [0.15, 0.2) is 0 Å². The van der Waals surface area contributed by atoms with Crippen molar-refractivity contribution < 1.29 is 4.74 Å². The van der Waals surface area contributed by atoms with Crippen molar-refractivity contribution in [2.24, 2.45) is 0 Å². The van der Waals surface area contributed by atoms with E-state index >= 15 is 0 Å². The van der Waals surface area contributed by atoms with Gasteiger partial charge in [0.05, 0.1) is 17.1 Å². The summed E-state index contributed by atoms with van der Waals surface area (Å²) in [6.07, 6.45) is 7.11. The van der Waals surface area contributed by atoms with Crippen molar-refractivity contribution in [3.63, 3.8) is 0 Å². The molecule has 0 bridgehead atoms. The number of halogens is 2. The van der Waals surface area contributed by atoms with Gasteiger partial charge in [0.2, 0.25) is 0 Å². The number of aromatic nitrogens is 2. The van der Waals surface area contributed by atoms with Crippen LogP contribution in [0.1, 0.15) is 51.5 Å². The second-order valence-electron chi connectivity index (χ2n) is 8.11. The summed E-state index contributed by atoms with van der Waals surface area (Å²) in [5.74, 6) is 0. The Morgan fingerprint density at radius 3 is 2.48 bits per heavy atom. The standard InChI is InChI=1S/C20H28ClN3O2.ClH/c1-20(9-5-16(26-2)6-10-20)23-11-7-15(8-12-23)24-18-13-14(21)3-4-17(18)22-19(24)25;/h3-4,13,15-16H,5-12H2,1-2H3,(H,22,25);1H. The summed E-state index contributed by atoms with van der Waals surface area (Å²) in [5.41, 5.74) is 2.04. The Labute approximate surface area is 171 Å². The molecular formula is C20H29Cl2N3O2. The fraction of sp³-hybridized carbons (Fsp3) is 0.650. The summed E-state index contributed by atoms with van der Waals surface area (Å²) in [4.78, 5) is 18.1. The van der Waals surface area contributed by atoms with E-state index in [0.29, 0.717) is 11.1 Å². The van der Waals surface area contributed by atoms with Crippen molar-refractivity contribution in [3.8, 4) is 0 Å².